The maximum atomic E-state index is 3.17. The first-order valence-electron chi connectivity index (χ1n) is 5.72. The van der Waals surface area contributed by atoms with E-state index in [9.17, 15) is 0 Å². The summed E-state index contributed by atoms with van der Waals surface area (Å²) in [6.07, 6.45) is 14.0. The quantitative estimate of drug-likeness (QED) is 0.818. The zero-order valence-electron chi connectivity index (χ0n) is 9.85. The monoisotopic (exact) mass is 214 g/mol. The molecule has 1 aliphatic rings. The van der Waals surface area contributed by atoms with Crippen LogP contribution in [0.1, 0.15) is 19.0 Å². The van der Waals surface area contributed by atoms with Crippen molar-refractivity contribution in [2.45, 2.75) is 19.4 Å². The summed E-state index contributed by atoms with van der Waals surface area (Å²) in [7, 11) is 2.11. The summed E-state index contributed by atoms with van der Waals surface area (Å²) in [4.78, 5) is 5.40. The molecule has 2 heteroatoms. The fourth-order valence-corrected chi connectivity index (χ4v) is 1.81. The Morgan fingerprint density at radius 3 is 3.00 bits per heavy atom. The van der Waals surface area contributed by atoms with Gasteiger partial charge >= 0.3 is 0 Å². The van der Waals surface area contributed by atoms with E-state index in [1.54, 1.807) is 0 Å². The van der Waals surface area contributed by atoms with Gasteiger partial charge in [0.25, 0.3) is 0 Å². The van der Waals surface area contributed by atoms with Crippen LogP contribution in [-0.4, -0.2) is 23.0 Å². The number of likely N-dealkylation sites (N-methyl/N-ethyl adjacent to an activating group) is 1. The van der Waals surface area contributed by atoms with E-state index in [0.717, 1.165) is 12.1 Å². The Balaban J connectivity index is 2.03. The Morgan fingerprint density at radius 1 is 1.50 bits per heavy atom. The molecule has 1 aromatic heterocycles. The van der Waals surface area contributed by atoms with Crippen LogP contribution >= 0.6 is 0 Å². The van der Waals surface area contributed by atoms with E-state index >= 15 is 0 Å². The number of hydrogen-bond acceptors (Lipinski definition) is 1. The first-order valence-corrected chi connectivity index (χ1v) is 5.72. The molecule has 1 unspecified atom stereocenters. The van der Waals surface area contributed by atoms with Crippen LogP contribution in [0.2, 0.25) is 0 Å². The van der Waals surface area contributed by atoms with E-state index in [1.165, 1.54) is 5.57 Å². The first kappa shape index (κ1) is 10.8. The lowest BCUT2D eigenvalue weighted by Crippen LogP contribution is -2.25. The van der Waals surface area contributed by atoms with Crippen molar-refractivity contribution in [2.75, 3.05) is 7.05 Å². The Labute approximate surface area is 97.0 Å². The lowest BCUT2D eigenvalue weighted by molar-refractivity contribution is 0.429. The smallest absolute Gasteiger partial charge is 0.0655 e. The molecule has 1 aromatic rings. The number of nitrogens with zero attached hydrogens (tertiary/aromatic N) is 1. The van der Waals surface area contributed by atoms with Gasteiger partial charge in [-0.3, -0.25) is 0 Å². The summed E-state index contributed by atoms with van der Waals surface area (Å²) < 4.78 is 0. The Morgan fingerprint density at radius 2 is 2.38 bits per heavy atom. The zero-order chi connectivity index (χ0) is 11.4. The lowest BCUT2D eigenvalue weighted by atomic mass is 10.1. The van der Waals surface area contributed by atoms with Gasteiger partial charge in [0.05, 0.1) is 6.04 Å². The van der Waals surface area contributed by atoms with Crippen molar-refractivity contribution in [3.8, 4) is 0 Å². The molecule has 0 aromatic carbocycles. The highest BCUT2D eigenvalue weighted by Gasteiger charge is 2.09. The van der Waals surface area contributed by atoms with Crippen molar-refractivity contribution in [1.82, 2.24) is 9.88 Å². The average molecular weight is 214 g/mol. The van der Waals surface area contributed by atoms with Crippen molar-refractivity contribution in [2.24, 2.45) is 0 Å². The summed E-state index contributed by atoms with van der Waals surface area (Å²) in [5, 5.41) is 0. The SMILES string of the molecule is CCC1=CN(C)C(/C=C/c2ccc[nH]2)C=C1. The predicted molar refractivity (Wildman–Crippen MR) is 68.9 cm³/mol. The molecule has 0 bridgehead atoms. The zero-order valence-corrected chi connectivity index (χ0v) is 9.85. The van der Waals surface area contributed by atoms with Gasteiger partial charge in [0.2, 0.25) is 0 Å². The van der Waals surface area contributed by atoms with Crippen LogP contribution in [0.3, 0.4) is 0 Å². The van der Waals surface area contributed by atoms with Crippen molar-refractivity contribution in [3.63, 3.8) is 0 Å². The van der Waals surface area contributed by atoms with E-state index in [0.29, 0.717) is 6.04 Å². The fraction of sp³-hybridized carbons (Fsp3) is 0.286. The molecule has 2 heterocycles. The van der Waals surface area contributed by atoms with Gasteiger partial charge in [-0.05, 0) is 30.2 Å². The van der Waals surface area contributed by atoms with Gasteiger partial charge in [-0.15, -0.1) is 0 Å². The molecule has 84 valence electrons. The van der Waals surface area contributed by atoms with Crippen molar-refractivity contribution in [1.29, 1.82) is 0 Å². The largest absolute Gasteiger partial charge is 0.370 e. The van der Waals surface area contributed by atoms with E-state index in [2.05, 4.69) is 60.4 Å². The van der Waals surface area contributed by atoms with E-state index < -0.39 is 0 Å². The van der Waals surface area contributed by atoms with Gasteiger partial charge in [0, 0.05) is 25.1 Å². The van der Waals surface area contributed by atoms with Gasteiger partial charge in [-0.1, -0.05) is 25.2 Å². The minimum atomic E-state index is 0.360. The van der Waals surface area contributed by atoms with Crippen LogP contribution in [0.15, 0.2) is 48.3 Å². The second-order valence-electron chi connectivity index (χ2n) is 4.06. The number of aromatic amines is 1. The third kappa shape index (κ3) is 2.45. The molecule has 0 saturated heterocycles. The van der Waals surface area contributed by atoms with Gasteiger partial charge in [-0.25, -0.2) is 0 Å². The molecule has 1 aliphatic heterocycles. The molecule has 0 saturated carbocycles. The number of aromatic nitrogens is 1. The van der Waals surface area contributed by atoms with Crippen molar-refractivity contribution < 1.29 is 0 Å². The fourth-order valence-electron chi connectivity index (χ4n) is 1.81. The Bertz CT molecular complexity index is 410. The lowest BCUT2D eigenvalue weighted by Gasteiger charge is -2.25. The van der Waals surface area contributed by atoms with Crippen LogP contribution in [0, 0.1) is 0 Å². The maximum Gasteiger partial charge on any atom is 0.0655 e. The standard InChI is InChI=1S/C14H18N2/c1-3-12-6-8-14(16(2)11-12)9-7-13-5-4-10-15-13/h4-11,14-15H,3H2,1-2H3/b9-7+. The first-order chi connectivity index (χ1) is 7.79. The molecule has 1 N–H and O–H groups in total. The predicted octanol–water partition coefficient (Wildman–Crippen LogP) is 3.19. The van der Waals surface area contributed by atoms with Gasteiger partial charge < -0.3 is 9.88 Å². The van der Waals surface area contributed by atoms with Crippen molar-refractivity contribution in [3.05, 3.63) is 54.0 Å². The van der Waals surface area contributed by atoms with Crippen LogP contribution in [0.25, 0.3) is 6.08 Å². The number of nitrogens with one attached hydrogen (secondary N) is 1. The Kier molecular flexibility index (Phi) is 3.30. The van der Waals surface area contributed by atoms with Crippen LogP contribution in [0.4, 0.5) is 0 Å². The molecule has 0 fully saturated rings. The minimum Gasteiger partial charge on any atom is -0.370 e. The summed E-state index contributed by atoms with van der Waals surface area (Å²) in [5.41, 5.74) is 2.53. The molecule has 1 atom stereocenters. The van der Waals surface area contributed by atoms with Crippen LogP contribution in [-0.2, 0) is 0 Å². The van der Waals surface area contributed by atoms with Gasteiger partial charge in [-0.2, -0.15) is 0 Å². The molecule has 0 radical (unpaired) electrons. The third-order valence-corrected chi connectivity index (χ3v) is 2.85. The molecule has 0 aliphatic carbocycles. The summed E-state index contributed by atoms with van der Waals surface area (Å²) >= 11 is 0. The van der Waals surface area contributed by atoms with Crippen LogP contribution < -0.4 is 0 Å². The van der Waals surface area contributed by atoms with Crippen molar-refractivity contribution >= 4 is 6.08 Å². The number of H-pyrrole nitrogens is 1. The molecular formula is C14H18N2. The highest BCUT2D eigenvalue weighted by Crippen LogP contribution is 2.15. The minimum absolute atomic E-state index is 0.360. The highest BCUT2D eigenvalue weighted by molar-refractivity contribution is 5.46. The summed E-state index contributed by atoms with van der Waals surface area (Å²) in [5.74, 6) is 0. The third-order valence-electron chi connectivity index (χ3n) is 2.85. The second kappa shape index (κ2) is 4.88. The molecule has 2 rings (SSSR count). The maximum absolute atomic E-state index is 3.17. The number of hydrogen-bond donors (Lipinski definition) is 1. The summed E-state index contributed by atoms with van der Waals surface area (Å²) in [6.45, 7) is 2.18. The van der Waals surface area contributed by atoms with E-state index in [4.69, 9.17) is 0 Å². The second-order valence-corrected chi connectivity index (χ2v) is 4.06. The topological polar surface area (TPSA) is 19.0 Å². The molecule has 0 amide bonds. The average Bonchev–Trinajstić information content (AvgIpc) is 2.80. The normalized spacial score (nSPS) is 20.5. The van der Waals surface area contributed by atoms with Gasteiger partial charge in [0.1, 0.15) is 0 Å². The van der Waals surface area contributed by atoms with E-state index in [1.807, 2.05) is 12.3 Å². The Hall–Kier alpha value is -1.70. The summed E-state index contributed by atoms with van der Waals surface area (Å²) in [6, 6.07) is 4.43. The van der Waals surface area contributed by atoms with Gasteiger partial charge in [0.15, 0.2) is 0 Å². The number of allylic oxidation sites excluding steroid dienone is 2. The number of rotatable bonds is 3. The van der Waals surface area contributed by atoms with E-state index in [-0.39, 0.29) is 0 Å². The highest BCUT2D eigenvalue weighted by atomic mass is 15.1. The van der Waals surface area contributed by atoms with Crippen LogP contribution in [0.5, 0.6) is 0 Å². The molecule has 2 nitrogen and oxygen atoms in total. The molecule has 16 heavy (non-hydrogen) atoms. The molecular weight excluding hydrogens is 196 g/mol. The molecule has 0 spiro atoms.